The summed E-state index contributed by atoms with van der Waals surface area (Å²) in [5.74, 6) is 0.284. The van der Waals surface area contributed by atoms with Crippen LogP contribution < -0.4 is 0 Å². The highest BCUT2D eigenvalue weighted by Gasteiger charge is 2.28. The quantitative estimate of drug-likeness (QED) is 0.669. The van der Waals surface area contributed by atoms with E-state index in [0.717, 1.165) is 13.0 Å². The van der Waals surface area contributed by atoms with Crippen molar-refractivity contribution in [2.45, 2.75) is 19.4 Å². The molecule has 0 saturated carbocycles. The van der Waals surface area contributed by atoms with E-state index in [1.165, 1.54) is 7.11 Å². The molecule has 76 valence electrons. The first-order chi connectivity index (χ1) is 6.19. The SMILES string of the molecule is COC(C)C(=O)N1CCC(CO)C1. The number of nitrogens with zero attached hydrogens (tertiary/aromatic N) is 1. The predicted octanol–water partition coefficient (Wildman–Crippen LogP) is -0.138. The molecule has 1 aliphatic heterocycles. The second kappa shape index (κ2) is 4.58. The highest BCUT2D eigenvalue weighted by molar-refractivity contribution is 5.80. The van der Waals surface area contributed by atoms with Crippen molar-refractivity contribution in [3.05, 3.63) is 0 Å². The summed E-state index contributed by atoms with van der Waals surface area (Å²) in [6.45, 7) is 3.33. The molecule has 1 aliphatic rings. The number of rotatable bonds is 3. The zero-order valence-corrected chi connectivity index (χ0v) is 8.19. The molecule has 2 unspecified atom stereocenters. The smallest absolute Gasteiger partial charge is 0.251 e. The summed E-state index contributed by atoms with van der Waals surface area (Å²) >= 11 is 0. The molecule has 0 bridgehead atoms. The molecule has 1 amide bonds. The van der Waals surface area contributed by atoms with Crippen molar-refractivity contribution in [3.63, 3.8) is 0 Å². The lowest BCUT2D eigenvalue weighted by molar-refractivity contribution is -0.139. The highest BCUT2D eigenvalue weighted by Crippen LogP contribution is 2.16. The molecule has 0 spiro atoms. The number of aliphatic hydroxyl groups is 1. The Hall–Kier alpha value is -0.610. The van der Waals surface area contributed by atoms with Crippen LogP contribution in [0.4, 0.5) is 0 Å². The first-order valence-electron chi connectivity index (χ1n) is 4.61. The molecule has 4 nitrogen and oxygen atoms in total. The van der Waals surface area contributed by atoms with Crippen molar-refractivity contribution in [1.29, 1.82) is 0 Å². The average molecular weight is 187 g/mol. The Balaban J connectivity index is 2.41. The van der Waals surface area contributed by atoms with E-state index in [1.807, 2.05) is 0 Å². The van der Waals surface area contributed by atoms with Crippen LogP contribution in [0.1, 0.15) is 13.3 Å². The third-order valence-electron chi connectivity index (χ3n) is 2.56. The van der Waals surface area contributed by atoms with Gasteiger partial charge in [0, 0.05) is 32.7 Å². The second-order valence-electron chi connectivity index (χ2n) is 3.50. The number of hydrogen-bond acceptors (Lipinski definition) is 3. The first-order valence-corrected chi connectivity index (χ1v) is 4.61. The van der Waals surface area contributed by atoms with Gasteiger partial charge in [0.15, 0.2) is 0 Å². The second-order valence-corrected chi connectivity index (χ2v) is 3.50. The molecule has 1 N–H and O–H groups in total. The van der Waals surface area contributed by atoms with Crippen LogP contribution in [0.2, 0.25) is 0 Å². The Kier molecular flexibility index (Phi) is 3.69. The molecule has 0 radical (unpaired) electrons. The van der Waals surface area contributed by atoms with Crippen LogP contribution >= 0.6 is 0 Å². The van der Waals surface area contributed by atoms with E-state index in [1.54, 1.807) is 11.8 Å². The summed E-state index contributed by atoms with van der Waals surface area (Å²) in [5.41, 5.74) is 0. The minimum Gasteiger partial charge on any atom is -0.396 e. The number of likely N-dealkylation sites (tertiary alicyclic amines) is 1. The van der Waals surface area contributed by atoms with Gasteiger partial charge in [-0.15, -0.1) is 0 Å². The molecule has 13 heavy (non-hydrogen) atoms. The first kappa shape index (κ1) is 10.5. The summed E-state index contributed by atoms with van der Waals surface area (Å²) in [6.07, 6.45) is 0.538. The maximum Gasteiger partial charge on any atom is 0.251 e. The van der Waals surface area contributed by atoms with E-state index in [0.29, 0.717) is 6.54 Å². The van der Waals surface area contributed by atoms with E-state index in [4.69, 9.17) is 9.84 Å². The summed E-state index contributed by atoms with van der Waals surface area (Å²) in [6, 6.07) is 0. The fourth-order valence-electron chi connectivity index (χ4n) is 1.54. The summed E-state index contributed by atoms with van der Waals surface area (Å²) in [5, 5.41) is 8.89. The van der Waals surface area contributed by atoms with Gasteiger partial charge in [0.1, 0.15) is 6.10 Å². The van der Waals surface area contributed by atoms with Gasteiger partial charge < -0.3 is 14.7 Å². The number of hydrogen-bond donors (Lipinski definition) is 1. The van der Waals surface area contributed by atoms with Gasteiger partial charge in [-0.05, 0) is 13.3 Å². The Labute approximate surface area is 78.5 Å². The van der Waals surface area contributed by atoms with Crippen LogP contribution in [0, 0.1) is 5.92 Å². The lowest BCUT2D eigenvalue weighted by Crippen LogP contribution is -2.37. The van der Waals surface area contributed by atoms with Gasteiger partial charge in [0.2, 0.25) is 0 Å². The number of ether oxygens (including phenoxy) is 1. The van der Waals surface area contributed by atoms with E-state index in [2.05, 4.69) is 0 Å². The maximum atomic E-state index is 11.6. The Morgan fingerprint density at radius 1 is 1.77 bits per heavy atom. The molecule has 1 fully saturated rings. The lowest BCUT2D eigenvalue weighted by atomic mass is 10.1. The maximum absolute atomic E-state index is 11.6. The third-order valence-corrected chi connectivity index (χ3v) is 2.56. The Bertz CT molecular complexity index is 184. The number of aliphatic hydroxyl groups excluding tert-OH is 1. The molecule has 0 aromatic carbocycles. The summed E-state index contributed by atoms with van der Waals surface area (Å²) < 4.78 is 4.94. The van der Waals surface area contributed by atoms with E-state index in [-0.39, 0.29) is 24.5 Å². The van der Waals surface area contributed by atoms with Crippen LogP contribution in [0.25, 0.3) is 0 Å². The Morgan fingerprint density at radius 3 is 2.92 bits per heavy atom. The van der Waals surface area contributed by atoms with Gasteiger partial charge in [-0.1, -0.05) is 0 Å². The zero-order chi connectivity index (χ0) is 9.84. The molecule has 1 heterocycles. The summed E-state index contributed by atoms with van der Waals surface area (Å²) in [7, 11) is 1.53. The van der Waals surface area contributed by atoms with Crippen LogP contribution in [-0.4, -0.2) is 48.8 Å². The van der Waals surface area contributed by atoms with Gasteiger partial charge in [-0.25, -0.2) is 0 Å². The molecule has 4 heteroatoms. The van der Waals surface area contributed by atoms with Crippen LogP contribution in [-0.2, 0) is 9.53 Å². The van der Waals surface area contributed by atoms with Crippen molar-refractivity contribution in [2.24, 2.45) is 5.92 Å². The van der Waals surface area contributed by atoms with Crippen molar-refractivity contribution in [1.82, 2.24) is 4.90 Å². The van der Waals surface area contributed by atoms with E-state index in [9.17, 15) is 4.79 Å². The largest absolute Gasteiger partial charge is 0.396 e. The fraction of sp³-hybridized carbons (Fsp3) is 0.889. The minimum atomic E-state index is -0.363. The number of methoxy groups -OCH3 is 1. The molecular formula is C9H17NO3. The third kappa shape index (κ3) is 2.42. The van der Waals surface area contributed by atoms with Crippen molar-refractivity contribution in [2.75, 3.05) is 26.8 Å². The van der Waals surface area contributed by atoms with Crippen LogP contribution in [0.15, 0.2) is 0 Å². The molecule has 0 aromatic rings. The van der Waals surface area contributed by atoms with Crippen LogP contribution in [0.3, 0.4) is 0 Å². The number of carbonyl (C=O) groups is 1. The monoisotopic (exact) mass is 187 g/mol. The van der Waals surface area contributed by atoms with Gasteiger partial charge in [-0.3, -0.25) is 4.79 Å². The van der Waals surface area contributed by atoms with Crippen molar-refractivity contribution >= 4 is 5.91 Å². The average Bonchev–Trinajstić information content (AvgIpc) is 2.63. The molecule has 1 saturated heterocycles. The van der Waals surface area contributed by atoms with Gasteiger partial charge in [0.05, 0.1) is 0 Å². The van der Waals surface area contributed by atoms with Crippen LogP contribution in [0.5, 0.6) is 0 Å². The predicted molar refractivity (Wildman–Crippen MR) is 48.2 cm³/mol. The van der Waals surface area contributed by atoms with E-state index >= 15 is 0 Å². The Morgan fingerprint density at radius 2 is 2.46 bits per heavy atom. The van der Waals surface area contributed by atoms with Gasteiger partial charge in [-0.2, -0.15) is 0 Å². The fourth-order valence-corrected chi connectivity index (χ4v) is 1.54. The molecule has 2 atom stereocenters. The normalized spacial score (nSPS) is 24.8. The van der Waals surface area contributed by atoms with Crippen molar-refractivity contribution in [3.8, 4) is 0 Å². The highest BCUT2D eigenvalue weighted by atomic mass is 16.5. The summed E-state index contributed by atoms with van der Waals surface area (Å²) in [4.78, 5) is 13.3. The van der Waals surface area contributed by atoms with Crippen molar-refractivity contribution < 1.29 is 14.6 Å². The molecule has 0 aromatic heterocycles. The van der Waals surface area contributed by atoms with Gasteiger partial charge in [0.25, 0.3) is 5.91 Å². The zero-order valence-electron chi connectivity index (χ0n) is 8.19. The van der Waals surface area contributed by atoms with Gasteiger partial charge >= 0.3 is 0 Å². The minimum absolute atomic E-state index is 0.0263. The topological polar surface area (TPSA) is 49.8 Å². The van der Waals surface area contributed by atoms with E-state index < -0.39 is 0 Å². The standard InChI is InChI=1S/C9H17NO3/c1-7(13-2)9(12)10-4-3-8(5-10)6-11/h7-8,11H,3-6H2,1-2H3. The molecule has 1 rings (SSSR count). The molecular weight excluding hydrogens is 170 g/mol. The molecule has 0 aliphatic carbocycles. The lowest BCUT2D eigenvalue weighted by Gasteiger charge is -2.19. The number of carbonyl (C=O) groups excluding carboxylic acids is 1. The number of amides is 1.